The van der Waals surface area contributed by atoms with Crippen molar-refractivity contribution in [2.24, 2.45) is 0 Å². The van der Waals surface area contributed by atoms with Gasteiger partial charge in [-0.1, -0.05) is 48.1 Å². The standard InChI is InChI=1S/C17H15IO/c18-13-9-4-2-1-3-6-12-17(15-19)14-16-10-7-5-8-11-16/h5,7-8,10-11,14-15H,1-4H2/b17-14+. The van der Waals surface area contributed by atoms with Crippen molar-refractivity contribution < 1.29 is 4.79 Å². The van der Waals surface area contributed by atoms with Crippen LogP contribution in [0.5, 0.6) is 0 Å². The van der Waals surface area contributed by atoms with E-state index in [1.807, 2.05) is 59.0 Å². The summed E-state index contributed by atoms with van der Waals surface area (Å²) in [7, 11) is 0. The maximum atomic E-state index is 10.9. The summed E-state index contributed by atoms with van der Waals surface area (Å²) >= 11 is 2.04. The Bertz CT molecular complexity index is 535. The van der Waals surface area contributed by atoms with Crippen molar-refractivity contribution in [3.05, 3.63) is 41.5 Å². The molecule has 0 saturated carbocycles. The summed E-state index contributed by atoms with van der Waals surface area (Å²) in [6, 6.07) is 9.73. The van der Waals surface area contributed by atoms with Gasteiger partial charge in [-0.15, -0.1) is 0 Å². The Morgan fingerprint density at radius 2 is 1.79 bits per heavy atom. The van der Waals surface area contributed by atoms with Gasteiger partial charge in [0, 0.05) is 35.4 Å². The molecule has 2 heteroatoms. The number of hydrogen-bond donors (Lipinski definition) is 0. The summed E-state index contributed by atoms with van der Waals surface area (Å²) in [5, 5.41) is 0. The molecule has 0 atom stereocenters. The van der Waals surface area contributed by atoms with E-state index >= 15 is 0 Å². The average Bonchev–Trinajstić information content (AvgIpc) is 2.46. The van der Waals surface area contributed by atoms with Gasteiger partial charge in [0.2, 0.25) is 0 Å². The van der Waals surface area contributed by atoms with Gasteiger partial charge in [-0.2, -0.15) is 0 Å². The van der Waals surface area contributed by atoms with Crippen LogP contribution in [0.25, 0.3) is 6.08 Å². The van der Waals surface area contributed by atoms with E-state index in [0.29, 0.717) is 5.57 Å². The molecule has 0 heterocycles. The molecule has 96 valence electrons. The van der Waals surface area contributed by atoms with Crippen molar-refractivity contribution >= 4 is 35.0 Å². The Labute approximate surface area is 128 Å². The number of benzene rings is 1. The summed E-state index contributed by atoms with van der Waals surface area (Å²) in [4.78, 5) is 10.9. The molecule has 0 unspecified atom stereocenters. The van der Waals surface area contributed by atoms with E-state index in [-0.39, 0.29) is 0 Å². The number of carbonyl (C=O) groups is 1. The highest BCUT2D eigenvalue weighted by Crippen LogP contribution is 2.04. The Morgan fingerprint density at radius 3 is 2.42 bits per heavy atom. The molecule has 1 nitrogen and oxygen atoms in total. The first-order chi connectivity index (χ1) is 9.36. The molecule has 0 saturated heterocycles. The van der Waals surface area contributed by atoms with Crippen LogP contribution in [-0.2, 0) is 4.79 Å². The van der Waals surface area contributed by atoms with E-state index in [4.69, 9.17) is 0 Å². The Balaban J connectivity index is 2.46. The lowest BCUT2D eigenvalue weighted by molar-refractivity contribution is -0.104. The first kappa shape index (κ1) is 15.5. The van der Waals surface area contributed by atoms with Crippen molar-refractivity contribution in [1.82, 2.24) is 0 Å². The summed E-state index contributed by atoms with van der Waals surface area (Å²) in [6.45, 7) is 0. The molecule has 0 fully saturated rings. The van der Waals surface area contributed by atoms with Gasteiger partial charge in [0.1, 0.15) is 0 Å². The van der Waals surface area contributed by atoms with E-state index in [2.05, 4.69) is 21.7 Å². The second-order valence-corrected chi connectivity index (χ2v) is 4.45. The molecule has 0 aliphatic carbocycles. The second kappa shape index (κ2) is 10.4. The number of allylic oxidation sites excluding steroid dienone is 1. The van der Waals surface area contributed by atoms with Crippen LogP contribution in [0.2, 0.25) is 0 Å². The average molecular weight is 362 g/mol. The molecular formula is C17H15IO. The monoisotopic (exact) mass is 362 g/mol. The lowest BCUT2D eigenvalue weighted by Crippen LogP contribution is -1.81. The number of unbranched alkanes of at least 4 members (excludes halogenated alkanes) is 3. The lowest BCUT2D eigenvalue weighted by Gasteiger charge is -1.92. The molecule has 0 radical (unpaired) electrons. The van der Waals surface area contributed by atoms with Gasteiger partial charge in [-0.25, -0.2) is 0 Å². The summed E-state index contributed by atoms with van der Waals surface area (Å²) < 4.78 is 2.84. The molecule has 19 heavy (non-hydrogen) atoms. The third-order valence-electron chi connectivity index (χ3n) is 2.40. The van der Waals surface area contributed by atoms with Gasteiger partial charge >= 0.3 is 0 Å². The molecule has 0 bridgehead atoms. The fraction of sp³-hybridized carbons (Fsp3) is 0.235. The molecule has 1 aromatic rings. The molecule has 0 aliphatic heterocycles. The van der Waals surface area contributed by atoms with Crippen molar-refractivity contribution in [3.63, 3.8) is 0 Å². The largest absolute Gasteiger partial charge is 0.297 e. The number of carbonyl (C=O) groups excluding carboxylic acids is 1. The SMILES string of the molecule is O=C/C(C#CCCCCC#CI)=C/c1ccccc1. The maximum absolute atomic E-state index is 10.9. The highest BCUT2D eigenvalue weighted by Gasteiger charge is 1.91. The molecule has 0 spiro atoms. The number of rotatable bonds is 5. The molecule has 0 N–H and O–H groups in total. The van der Waals surface area contributed by atoms with Crippen molar-refractivity contribution in [2.75, 3.05) is 0 Å². The highest BCUT2D eigenvalue weighted by atomic mass is 127. The van der Waals surface area contributed by atoms with Gasteiger partial charge in [0.15, 0.2) is 6.29 Å². The number of halogens is 1. The van der Waals surface area contributed by atoms with Crippen LogP contribution in [0.1, 0.15) is 31.2 Å². The molecule has 0 aliphatic rings. The van der Waals surface area contributed by atoms with Gasteiger partial charge in [-0.3, -0.25) is 4.79 Å². The van der Waals surface area contributed by atoms with E-state index in [0.717, 1.165) is 37.5 Å². The predicted molar refractivity (Wildman–Crippen MR) is 88.5 cm³/mol. The first-order valence-corrected chi connectivity index (χ1v) is 7.24. The van der Waals surface area contributed by atoms with Crippen molar-refractivity contribution in [3.8, 4) is 21.7 Å². The van der Waals surface area contributed by atoms with Crippen molar-refractivity contribution in [1.29, 1.82) is 0 Å². The van der Waals surface area contributed by atoms with Gasteiger partial charge in [0.05, 0.1) is 5.57 Å². The molecule has 1 rings (SSSR count). The van der Waals surface area contributed by atoms with Gasteiger partial charge in [0.25, 0.3) is 0 Å². The lowest BCUT2D eigenvalue weighted by atomic mass is 10.1. The minimum atomic E-state index is 0.526. The molecule has 0 aromatic heterocycles. The van der Waals surface area contributed by atoms with Crippen LogP contribution in [0.4, 0.5) is 0 Å². The van der Waals surface area contributed by atoms with Gasteiger partial charge < -0.3 is 0 Å². The Morgan fingerprint density at radius 1 is 1.11 bits per heavy atom. The van der Waals surface area contributed by atoms with E-state index in [1.165, 1.54) is 0 Å². The van der Waals surface area contributed by atoms with E-state index in [9.17, 15) is 4.79 Å². The second-order valence-electron chi connectivity index (χ2n) is 3.91. The summed E-state index contributed by atoms with van der Waals surface area (Å²) in [5.74, 6) is 8.96. The fourth-order valence-corrected chi connectivity index (χ4v) is 1.74. The van der Waals surface area contributed by atoms with E-state index in [1.54, 1.807) is 0 Å². The van der Waals surface area contributed by atoms with E-state index < -0.39 is 0 Å². The summed E-state index contributed by atoms with van der Waals surface area (Å²) in [6.07, 6.45) is 6.43. The third kappa shape index (κ3) is 7.49. The smallest absolute Gasteiger partial charge is 0.158 e. The first-order valence-electron chi connectivity index (χ1n) is 6.16. The predicted octanol–water partition coefficient (Wildman–Crippen LogP) is 4.23. The zero-order valence-electron chi connectivity index (χ0n) is 10.7. The fourth-order valence-electron chi connectivity index (χ4n) is 1.47. The minimum Gasteiger partial charge on any atom is -0.297 e. The van der Waals surface area contributed by atoms with Crippen LogP contribution in [0.3, 0.4) is 0 Å². The van der Waals surface area contributed by atoms with Crippen LogP contribution >= 0.6 is 22.6 Å². The third-order valence-corrected chi connectivity index (χ3v) is 2.78. The Hall–Kier alpha value is -1.52. The van der Waals surface area contributed by atoms with Crippen molar-refractivity contribution in [2.45, 2.75) is 25.7 Å². The highest BCUT2D eigenvalue weighted by molar-refractivity contribution is 14.1. The van der Waals surface area contributed by atoms with Crippen LogP contribution in [-0.4, -0.2) is 6.29 Å². The van der Waals surface area contributed by atoms with Crippen LogP contribution in [0.15, 0.2) is 35.9 Å². The zero-order valence-corrected chi connectivity index (χ0v) is 12.8. The zero-order chi connectivity index (χ0) is 13.8. The minimum absolute atomic E-state index is 0.526. The van der Waals surface area contributed by atoms with Gasteiger partial charge in [-0.05, 0) is 28.4 Å². The topological polar surface area (TPSA) is 17.1 Å². The van der Waals surface area contributed by atoms with Crippen LogP contribution in [0, 0.1) is 21.7 Å². The van der Waals surface area contributed by atoms with Crippen LogP contribution < -0.4 is 0 Å². The summed E-state index contributed by atoms with van der Waals surface area (Å²) in [5.41, 5.74) is 1.52. The quantitative estimate of drug-likeness (QED) is 0.252. The molecular weight excluding hydrogens is 347 g/mol. The number of aldehydes is 1. The Kier molecular flexibility index (Phi) is 8.51. The molecule has 1 aromatic carbocycles. The molecule has 0 amide bonds. The maximum Gasteiger partial charge on any atom is 0.158 e. The normalized spacial score (nSPS) is 9.84. The number of hydrogen-bond acceptors (Lipinski definition) is 1.